The van der Waals surface area contributed by atoms with Gasteiger partial charge in [0.25, 0.3) is 17.6 Å². The zero-order valence-corrected chi connectivity index (χ0v) is 61.8. The van der Waals surface area contributed by atoms with Gasteiger partial charge in [-0.1, -0.05) is 77.5 Å². The van der Waals surface area contributed by atoms with Crippen molar-refractivity contribution in [1.82, 2.24) is 10.2 Å². The molecule has 3 fully saturated rings. The Morgan fingerprint density at radius 1 is 0.783 bits per heavy atom. The first-order valence-corrected chi connectivity index (χ1v) is 35.4. The van der Waals surface area contributed by atoms with Crippen molar-refractivity contribution >= 4 is 132 Å². The molecule has 21 nitrogen and oxygen atoms in total. The normalized spacial score (nSPS) is 30.8. The number of carbonyl (C=O) groups excluding carboxylic acids is 9. The monoisotopic (exact) mass is 1620 g/mol. The van der Waals surface area contributed by atoms with Crippen molar-refractivity contribution in [2.24, 2.45) is 35.5 Å². The van der Waals surface area contributed by atoms with Crippen LogP contribution in [0.5, 0.6) is 0 Å². The second-order valence-electron chi connectivity index (χ2n) is 25.5. The molecule has 0 radical (unpaired) electrons. The summed E-state index contributed by atoms with van der Waals surface area (Å²) in [5.74, 6) is -10.1. The van der Waals surface area contributed by atoms with Crippen LogP contribution < -0.4 is 16.0 Å². The Kier molecular flexibility index (Phi) is 32.0. The number of hydrogen-bond acceptors (Lipinski definition) is 17. The van der Waals surface area contributed by atoms with Gasteiger partial charge in [0.2, 0.25) is 17.6 Å². The summed E-state index contributed by atoms with van der Waals surface area (Å²) in [7, 11) is 4.49. The predicted octanol–water partition coefficient (Wildman–Crippen LogP) is 10.5. The number of benzene rings is 1. The van der Waals surface area contributed by atoms with E-state index in [0.717, 1.165) is 5.57 Å². The number of aliphatic hydroxyl groups is 2. The maximum absolute atomic E-state index is 14.7. The lowest BCUT2D eigenvalue weighted by Crippen LogP contribution is -2.61. The predicted molar refractivity (Wildman–Crippen MR) is 373 cm³/mol. The molecule has 0 unspecified atom stereocenters. The summed E-state index contributed by atoms with van der Waals surface area (Å²) in [4.78, 5) is 124. The SMILES string of the molecule is CO[C@H]1C[C@@H]2CC[C@@H](C)[C@@](O)(O2)C(=O)C(=O)N2CCCC[C@H]2C(=O)O[C@H]([C@H](C)C[C@@H]2CC[C@@H](OC(=O)CCCCCNC(=O)c3c(I)c(NC(C)=O)c(I)c(NC(C)=O)c3I)[C@H](OC)C2)CC(=O)[C@H](C)/C=C(\C)[C@@H](O)[C@@H](OC)C(=O)[C@H](C)C[C@H](C)/C=C/C=CC=C1C. The van der Waals surface area contributed by atoms with Crippen molar-refractivity contribution in [2.75, 3.05) is 45.1 Å². The highest BCUT2D eigenvalue weighted by Crippen LogP contribution is 2.41. The lowest BCUT2D eigenvalue weighted by molar-refractivity contribution is -0.265. The molecule has 5 rings (SSSR count). The van der Waals surface area contributed by atoms with Crippen molar-refractivity contribution in [3.05, 3.63) is 63.9 Å². The number of hydrogen-bond donors (Lipinski definition) is 5. The van der Waals surface area contributed by atoms with Crippen LogP contribution in [0.1, 0.15) is 175 Å². The van der Waals surface area contributed by atoms with Gasteiger partial charge in [0.1, 0.15) is 36.2 Å². The Hall–Kier alpha value is -4.04. The third-order valence-corrected chi connectivity index (χ3v) is 21.5. The number of nitrogens with one attached hydrogen (secondary N) is 3. The number of cyclic esters (lactones) is 1. The molecule has 1 aromatic rings. The lowest BCUT2D eigenvalue weighted by atomic mass is 9.78. The number of carbonyl (C=O) groups is 9. The van der Waals surface area contributed by atoms with E-state index in [2.05, 4.69) is 16.0 Å². The van der Waals surface area contributed by atoms with E-state index < -0.39 is 95.9 Å². The molecule has 5 N–H and O–H groups in total. The molecule has 1 aromatic carbocycles. The fourth-order valence-electron chi connectivity index (χ4n) is 12.8. The number of anilines is 2. The highest BCUT2D eigenvalue weighted by atomic mass is 127. The van der Waals surface area contributed by atoms with Gasteiger partial charge in [-0.3, -0.25) is 38.4 Å². The minimum absolute atomic E-state index is 0.0180. The van der Waals surface area contributed by atoms with Gasteiger partial charge in [-0.05, 0) is 188 Å². The van der Waals surface area contributed by atoms with E-state index >= 15 is 0 Å². The molecule has 3 aliphatic heterocycles. The summed E-state index contributed by atoms with van der Waals surface area (Å²) in [5, 5.41) is 32.2. The number of Topliss-reactive ketones (excluding diaryl/α,β-unsaturated/α-hetero) is 3. The first-order valence-electron chi connectivity index (χ1n) is 32.2. The van der Waals surface area contributed by atoms with Crippen LogP contribution in [0.3, 0.4) is 0 Å². The molecule has 2 saturated heterocycles. The van der Waals surface area contributed by atoms with E-state index in [1.54, 1.807) is 48.0 Å². The summed E-state index contributed by atoms with van der Waals surface area (Å²) < 4.78 is 37.7. The Bertz CT molecular complexity index is 2890. The largest absolute Gasteiger partial charge is 0.460 e. The molecule has 1 aliphatic carbocycles. The van der Waals surface area contributed by atoms with E-state index in [0.29, 0.717) is 117 Å². The quantitative estimate of drug-likeness (QED) is 0.0338. The van der Waals surface area contributed by atoms with Crippen molar-refractivity contribution in [3.8, 4) is 0 Å². The topological polar surface area (TPSA) is 289 Å². The third-order valence-electron chi connectivity index (χ3n) is 18.2. The van der Waals surface area contributed by atoms with Crippen molar-refractivity contribution in [1.29, 1.82) is 0 Å². The van der Waals surface area contributed by atoms with E-state index in [1.807, 2.05) is 119 Å². The molecule has 3 heterocycles. The number of ether oxygens (including phenoxy) is 6. The van der Waals surface area contributed by atoms with Crippen LogP contribution >= 0.6 is 67.8 Å². The first kappa shape index (κ1) is 78.7. The second-order valence-corrected chi connectivity index (χ2v) is 28.8. The number of esters is 2. The minimum atomic E-state index is -2.48. The molecule has 0 spiro atoms. The number of ketones is 3. The molecular formula is C68H97I3N4O17. The lowest BCUT2D eigenvalue weighted by Gasteiger charge is -2.42. The number of rotatable bonds is 16. The van der Waals surface area contributed by atoms with Crippen molar-refractivity contribution < 1.29 is 81.8 Å². The molecule has 1 saturated carbocycles. The van der Waals surface area contributed by atoms with E-state index in [4.69, 9.17) is 28.4 Å². The van der Waals surface area contributed by atoms with Gasteiger partial charge in [0, 0.05) is 85.3 Å². The van der Waals surface area contributed by atoms with Crippen LogP contribution in [0.4, 0.5) is 11.4 Å². The molecule has 4 aliphatic rings. The van der Waals surface area contributed by atoms with Crippen LogP contribution in [0, 0.1) is 46.2 Å². The molecule has 512 valence electrons. The van der Waals surface area contributed by atoms with E-state index in [-0.39, 0.29) is 79.3 Å². The number of allylic oxidation sites excluding steroid dienone is 6. The molecule has 24 heteroatoms. The summed E-state index contributed by atoms with van der Waals surface area (Å²) in [6, 6.07) is -1.21. The highest BCUT2D eigenvalue weighted by molar-refractivity contribution is 14.1. The molecule has 92 heavy (non-hydrogen) atoms. The van der Waals surface area contributed by atoms with Crippen molar-refractivity contribution in [3.63, 3.8) is 0 Å². The minimum Gasteiger partial charge on any atom is -0.460 e. The van der Waals surface area contributed by atoms with Gasteiger partial charge in [0.05, 0.1) is 46.0 Å². The number of aliphatic hydroxyl groups excluding tert-OH is 1. The highest BCUT2D eigenvalue weighted by Gasteiger charge is 2.53. The fourth-order valence-corrected chi connectivity index (χ4v) is 17.0. The van der Waals surface area contributed by atoms with Crippen LogP contribution in [0.25, 0.3) is 0 Å². The van der Waals surface area contributed by atoms with Gasteiger partial charge in [-0.15, -0.1) is 0 Å². The summed E-state index contributed by atoms with van der Waals surface area (Å²) >= 11 is 6.06. The molecule has 0 aromatic heterocycles. The summed E-state index contributed by atoms with van der Waals surface area (Å²) in [5.41, 5.74) is 2.37. The van der Waals surface area contributed by atoms with Gasteiger partial charge in [0.15, 0.2) is 5.78 Å². The Morgan fingerprint density at radius 3 is 2.09 bits per heavy atom. The number of unbranched alkanes of at least 4 members (excludes halogenated alkanes) is 2. The number of piperidine rings is 1. The average molecular weight is 1620 g/mol. The Balaban J connectivity index is 1.31. The van der Waals surface area contributed by atoms with E-state index in [9.17, 15) is 53.4 Å². The van der Waals surface area contributed by atoms with Gasteiger partial charge in [-0.25, -0.2) is 4.79 Å². The Labute approximate surface area is 583 Å². The Morgan fingerprint density at radius 2 is 1.46 bits per heavy atom. The number of methoxy groups -OCH3 is 3. The smallest absolute Gasteiger partial charge is 0.329 e. The maximum atomic E-state index is 14.7. The average Bonchev–Trinajstić information content (AvgIpc) is 0.888. The zero-order valence-electron chi connectivity index (χ0n) is 55.4. The van der Waals surface area contributed by atoms with Crippen LogP contribution in [0.2, 0.25) is 0 Å². The molecule has 4 amide bonds. The number of amides is 4. The van der Waals surface area contributed by atoms with E-state index in [1.165, 1.54) is 25.9 Å². The van der Waals surface area contributed by atoms with Gasteiger partial charge >= 0.3 is 11.9 Å². The fraction of sp³-hybridized carbons (Fsp3) is 0.662. The van der Waals surface area contributed by atoms with Crippen molar-refractivity contribution in [2.45, 2.75) is 220 Å². The number of fused-ring (bicyclic) bond motifs is 3. The molecular weight excluding hydrogens is 1530 g/mol. The third kappa shape index (κ3) is 21.7. The summed E-state index contributed by atoms with van der Waals surface area (Å²) in [6.45, 7) is 15.6. The molecule has 15 atom stereocenters. The van der Waals surface area contributed by atoms with Crippen LogP contribution in [0.15, 0.2) is 47.6 Å². The maximum Gasteiger partial charge on any atom is 0.329 e. The number of halogens is 3. The molecule has 2 bridgehead atoms. The van der Waals surface area contributed by atoms with Gasteiger partial charge < -0.3 is 59.5 Å². The van der Waals surface area contributed by atoms with Crippen LogP contribution in [-0.2, 0) is 66.8 Å². The van der Waals surface area contributed by atoms with Gasteiger partial charge in [-0.2, -0.15) is 0 Å². The first-order chi connectivity index (χ1) is 43.5. The van der Waals surface area contributed by atoms with Crippen LogP contribution in [-0.4, -0.2) is 157 Å². The standard InChI is InChI=1S/C68H97I3N4O17/c1-37-21-15-13-16-22-38(2)51(87-10)35-47-27-25-43(7)68(86,92-47)64(82)66(84)75-30-20-18-23-48(75)67(85)91-52(36-49(78)39(3)32-42(6)62(81)63(89-12)61(80)41(5)31-37)40(4)33-46-26-28-50(53(34-46)88-11)90-54(79)24-17-14-19-29-72-65(83)55-56(69)59(73-44(8)76)58(71)60(57(55)70)74-45(9)77/h13,15-16,21-22,32,37,39-41,43,46-48,50-53,62-63,81,86H,14,17-20,23-31,33-36H2,1-12H3,(H,72,83)(H,73,76)(H,74,77)/b16-13?,21-15+,38-22?,42-32+/t37-,39-,40-,41-,43-,46+,47+,48+,50-,51+,52+,53-,62-,63+,68-/m1/s1. The number of nitrogens with zero attached hydrogens (tertiary/aromatic N) is 1. The second kappa shape index (κ2) is 37.5. The summed E-state index contributed by atoms with van der Waals surface area (Å²) in [6.07, 6.45) is 11.8. The zero-order chi connectivity index (χ0) is 68.3.